The van der Waals surface area contributed by atoms with Gasteiger partial charge in [0.1, 0.15) is 17.5 Å². The normalized spacial score (nSPS) is 14.4. The van der Waals surface area contributed by atoms with Gasteiger partial charge in [0.2, 0.25) is 0 Å². The molecule has 0 atom stereocenters. The van der Waals surface area contributed by atoms with Gasteiger partial charge in [0.25, 0.3) is 0 Å². The molecule has 0 fully saturated rings. The molecule has 1 aliphatic heterocycles. The second kappa shape index (κ2) is 6.35. The van der Waals surface area contributed by atoms with Crippen LogP contribution in [0.25, 0.3) is 0 Å². The van der Waals surface area contributed by atoms with Crippen molar-refractivity contribution in [3.05, 3.63) is 29.5 Å². The van der Waals surface area contributed by atoms with E-state index in [1.807, 2.05) is 18.0 Å². The van der Waals surface area contributed by atoms with E-state index in [0.29, 0.717) is 6.73 Å². The van der Waals surface area contributed by atoms with Crippen LogP contribution in [-0.4, -0.2) is 30.6 Å². The first-order valence-electron chi connectivity index (χ1n) is 7.48. The zero-order valence-corrected chi connectivity index (χ0v) is 15.1. The quantitative estimate of drug-likeness (QED) is 0.593. The topological polar surface area (TPSA) is 42.6 Å². The van der Waals surface area contributed by atoms with Gasteiger partial charge < -0.3 is 14.2 Å². The molecule has 7 heteroatoms. The van der Waals surface area contributed by atoms with Crippen LogP contribution in [0.4, 0.5) is 10.8 Å². The maximum absolute atomic E-state index is 5.82. The average molecular weight is 335 g/mol. The van der Waals surface area contributed by atoms with Gasteiger partial charge >= 0.3 is 0 Å². The predicted octanol–water partition coefficient (Wildman–Crippen LogP) is 3.94. The number of nitrogens with zero attached hydrogens (tertiary/aromatic N) is 4. The standard InChI is InChI=1S/C15H22N4OSSi/c1-22(2,3)7-6-20-12-18-5-4-13-9-19(10-17-15(13)18)14-8-16-11-21-14/h4-5,8,10-11H,6-7,9,12H2,1-3H3. The minimum absolute atomic E-state index is 0.581. The molecule has 0 saturated heterocycles. The van der Waals surface area contributed by atoms with Crippen LogP contribution in [0.2, 0.25) is 25.7 Å². The molecule has 2 aromatic rings. The number of rotatable bonds is 6. The fourth-order valence-electron chi connectivity index (χ4n) is 2.27. The molecule has 0 unspecified atom stereocenters. The molecule has 0 bridgehead atoms. The van der Waals surface area contributed by atoms with Crippen molar-refractivity contribution in [1.29, 1.82) is 0 Å². The molecule has 5 nitrogen and oxygen atoms in total. The third-order valence-electron chi connectivity index (χ3n) is 3.60. The first-order chi connectivity index (χ1) is 10.5. The second-order valence-corrected chi connectivity index (χ2v) is 13.2. The van der Waals surface area contributed by atoms with Gasteiger partial charge in [0.15, 0.2) is 0 Å². The fraction of sp³-hybridized carbons (Fsp3) is 0.467. The zero-order valence-electron chi connectivity index (χ0n) is 13.3. The predicted molar refractivity (Wildman–Crippen MR) is 95.0 cm³/mol. The molecular weight excluding hydrogens is 312 g/mol. The summed E-state index contributed by atoms with van der Waals surface area (Å²) in [5.41, 5.74) is 3.07. The molecule has 22 heavy (non-hydrogen) atoms. The Labute approximate surface area is 136 Å². The summed E-state index contributed by atoms with van der Waals surface area (Å²) in [7, 11) is -1.02. The molecule has 0 aromatic carbocycles. The molecule has 0 radical (unpaired) electrons. The van der Waals surface area contributed by atoms with E-state index in [1.165, 1.54) is 11.6 Å². The van der Waals surface area contributed by atoms with Crippen LogP contribution in [0.15, 0.2) is 29.0 Å². The maximum Gasteiger partial charge on any atom is 0.141 e. The molecule has 0 N–H and O–H groups in total. The Bertz CT molecular complexity index is 645. The highest BCUT2D eigenvalue weighted by Gasteiger charge is 2.18. The van der Waals surface area contributed by atoms with E-state index in [9.17, 15) is 0 Å². The van der Waals surface area contributed by atoms with Gasteiger partial charge in [-0.15, -0.1) is 11.3 Å². The first kappa shape index (κ1) is 15.5. The van der Waals surface area contributed by atoms with Crippen molar-refractivity contribution in [1.82, 2.24) is 9.55 Å². The third kappa shape index (κ3) is 3.66. The van der Waals surface area contributed by atoms with Crippen molar-refractivity contribution in [3.8, 4) is 0 Å². The number of ether oxygens (including phenoxy) is 1. The van der Waals surface area contributed by atoms with Crippen LogP contribution in [0.1, 0.15) is 5.56 Å². The molecule has 118 valence electrons. The largest absolute Gasteiger partial charge is 0.361 e. The van der Waals surface area contributed by atoms with Crippen LogP contribution in [0, 0.1) is 0 Å². The van der Waals surface area contributed by atoms with E-state index in [2.05, 4.69) is 51.3 Å². The van der Waals surface area contributed by atoms with Gasteiger partial charge in [-0.3, -0.25) is 4.98 Å². The molecule has 0 saturated carbocycles. The minimum Gasteiger partial charge on any atom is -0.361 e. The molecule has 0 spiro atoms. The lowest BCUT2D eigenvalue weighted by molar-refractivity contribution is 0.0885. The van der Waals surface area contributed by atoms with E-state index in [4.69, 9.17) is 4.74 Å². The van der Waals surface area contributed by atoms with Crippen molar-refractivity contribution in [2.75, 3.05) is 11.5 Å². The van der Waals surface area contributed by atoms with Crippen molar-refractivity contribution in [3.63, 3.8) is 0 Å². The number of thiazole rings is 1. The molecule has 3 heterocycles. The number of hydrogen-bond donors (Lipinski definition) is 0. The molecular formula is C15H22N4OSSi. The van der Waals surface area contributed by atoms with Crippen LogP contribution in [0.3, 0.4) is 0 Å². The number of hydrogen-bond acceptors (Lipinski definition) is 5. The van der Waals surface area contributed by atoms with Crippen LogP contribution >= 0.6 is 11.3 Å². The Kier molecular flexibility index (Phi) is 4.46. The van der Waals surface area contributed by atoms with Gasteiger partial charge in [-0.25, -0.2) is 4.99 Å². The lowest BCUT2D eigenvalue weighted by Crippen LogP contribution is -2.23. The van der Waals surface area contributed by atoms with Crippen molar-refractivity contribution >= 4 is 36.6 Å². The van der Waals surface area contributed by atoms with Gasteiger partial charge in [0, 0.05) is 26.4 Å². The van der Waals surface area contributed by atoms with Crippen molar-refractivity contribution < 1.29 is 4.74 Å². The van der Waals surface area contributed by atoms with Crippen molar-refractivity contribution in [2.45, 2.75) is 39.0 Å². The summed E-state index contributed by atoms with van der Waals surface area (Å²) >= 11 is 1.63. The van der Waals surface area contributed by atoms with E-state index in [1.54, 1.807) is 11.3 Å². The average Bonchev–Trinajstić information content (AvgIpc) is 3.12. The monoisotopic (exact) mass is 334 g/mol. The van der Waals surface area contributed by atoms with Crippen LogP contribution in [0.5, 0.6) is 0 Å². The Morgan fingerprint density at radius 2 is 2.23 bits per heavy atom. The summed E-state index contributed by atoms with van der Waals surface area (Å²) in [5, 5.41) is 1.12. The minimum atomic E-state index is -1.02. The zero-order chi connectivity index (χ0) is 15.6. The molecule has 1 aliphatic rings. The fourth-order valence-corrected chi connectivity index (χ4v) is 3.63. The van der Waals surface area contributed by atoms with Gasteiger partial charge in [-0.05, 0) is 12.1 Å². The first-order valence-corrected chi connectivity index (χ1v) is 12.1. The maximum atomic E-state index is 5.82. The highest BCUT2D eigenvalue weighted by molar-refractivity contribution is 7.14. The summed E-state index contributed by atoms with van der Waals surface area (Å²) in [6.07, 6.45) is 5.82. The number of fused-ring (bicyclic) bond motifs is 1. The molecule has 3 rings (SSSR count). The Morgan fingerprint density at radius 1 is 1.36 bits per heavy atom. The van der Waals surface area contributed by atoms with Gasteiger partial charge in [-0.2, -0.15) is 0 Å². The van der Waals surface area contributed by atoms with Gasteiger partial charge in [-0.1, -0.05) is 19.6 Å². The number of aliphatic imine (C=N–C) groups is 1. The van der Waals surface area contributed by atoms with Crippen LogP contribution in [-0.2, 0) is 18.0 Å². The molecule has 2 aromatic heterocycles. The smallest absolute Gasteiger partial charge is 0.141 e. The van der Waals surface area contributed by atoms with E-state index < -0.39 is 8.07 Å². The Hall–Kier alpha value is -1.44. The SMILES string of the molecule is C[Si](C)(C)CCOCn1ccc2c1N=CN(c1cncs1)C2. The number of aromatic nitrogens is 2. The van der Waals surface area contributed by atoms with Crippen LogP contribution < -0.4 is 4.90 Å². The van der Waals surface area contributed by atoms with E-state index >= 15 is 0 Å². The lowest BCUT2D eigenvalue weighted by atomic mass is 10.3. The molecule has 0 aliphatic carbocycles. The summed E-state index contributed by atoms with van der Waals surface area (Å²) in [5.74, 6) is 1.01. The lowest BCUT2D eigenvalue weighted by Gasteiger charge is -2.21. The summed E-state index contributed by atoms with van der Waals surface area (Å²) in [6.45, 7) is 9.35. The highest BCUT2D eigenvalue weighted by Crippen LogP contribution is 2.29. The highest BCUT2D eigenvalue weighted by atomic mass is 32.1. The summed E-state index contributed by atoms with van der Waals surface area (Å²) in [4.78, 5) is 10.8. The van der Waals surface area contributed by atoms with E-state index in [-0.39, 0.29) is 0 Å². The Morgan fingerprint density at radius 3 is 2.95 bits per heavy atom. The summed E-state index contributed by atoms with van der Waals surface area (Å²) in [6, 6.07) is 3.32. The van der Waals surface area contributed by atoms with E-state index in [0.717, 1.165) is 24.0 Å². The second-order valence-electron chi connectivity index (χ2n) is 6.69. The Balaban J connectivity index is 1.60. The number of anilines is 1. The summed E-state index contributed by atoms with van der Waals surface area (Å²) < 4.78 is 7.90. The van der Waals surface area contributed by atoms with Crippen molar-refractivity contribution in [2.24, 2.45) is 4.99 Å². The molecule has 0 amide bonds. The van der Waals surface area contributed by atoms with Gasteiger partial charge in [0.05, 0.1) is 24.6 Å². The third-order valence-corrected chi connectivity index (χ3v) is 6.12.